The van der Waals surface area contributed by atoms with Gasteiger partial charge in [0.25, 0.3) is 0 Å². The van der Waals surface area contributed by atoms with E-state index in [2.05, 4.69) is 15.5 Å². The largest absolute Gasteiger partial charge is 0.466 e. The van der Waals surface area contributed by atoms with Gasteiger partial charge >= 0.3 is 5.97 Å². The topological polar surface area (TPSA) is 95.3 Å². The summed E-state index contributed by atoms with van der Waals surface area (Å²) in [6.45, 7) is 3.03. The minimum atomic E-state index is -0.346. The van der Waals surface area contributed by atoms with Gasteiger partial charge in [-0.1, -0.05) is 11.8 Å². The summed E-state index contributed by atoms with van der Waals surface area (Å²) < 4.78 is 11.4. The summed E-state index contributed by atoms with van der Waals surface area (Å²) in [5.41, 5.74) is 0. The third-order valence-corrected chi connectivity index (χ3v) is 3.51. The van der Waals surface area contributed by atoms with E-state index in [4.69, 9.17) is 9.47 Å². The van der Waals surface area contributed by atoms with E-state index < -0.39 is 0 Å². The van der Waals surface area contributed by atoms with Crippen molar-refractivity contribution in [3.63, 3.8) is 0 Å². The molecule has 1 aromatic heterocycles. The van der Waals surface area contributed by atoms with E-state index in [0.717, 1.165) is 0 Å². The second-order valence-corrected chi connectivity index (χ2v) is 5.01. The summed E-state index contributed by atoms with van der Waals surface area (Å²) in [6.07, 6.45) is 0.0674. The van der Waals surface area contributed by atoms with Crippen molar-refractivity contribution in [2.45, 2.75) is 18.5 Å². The van der Waals surface area contributed by atoms with Gasteiger partial charge in [-0.15, -0.1) is 10.2 Å². The lowest BCUT2D eigenvalue weighted by atomic mass is 10.4. The Bertz CT molecular complexity index is 478. The summed E-state index contributed by atoms with van der Waals surface area (Å²) in [7, 11) is 3.32. The van der Waals surface area contributed by atoms with Crippen LogP contribution in [-0.4, -0.2) is 59.3 Å². The highest BCUT2D eigenvalue weighted by Gasteiger charge is 2.14. The maximum absolute atomic E-state index is 11.6. The lowest BCUT2D eigenvalue weighted by Crippen LogP contribution is -2.28. The zero-order chi connectivity index (χ0) is 15.7. The molecule has 9 heteroatoms. The van der Waals surface area contributed by atoms with E-state index >= 15 is 0 Å². The zero-order valence-electron chi connectivity index (χ0n) is 12.4. The Balaban J connectivity index is 2.44. The molecule has 0 fully saturated rings. The Kier molecular flexibility index (Phi) is 7.76. The molecular weight excluding hydrogens is 296 g/mol. The van der Waals surface area contributed by atoms with Crippen molar-refractivity contribution in [3.8, 4) is 0 Å². The van der Waals surface area contributed by atoms with Crippen LogP contribution >= 0.6 is 11.8 Å². The summed E-state index contributed by atoms with van der Waals surface area (Å²) in [5.74, 6) is 0.291. The molecule has 0 unspecified atom stereocenters. The van der Waals surface area contributed by atoms with Crippen LogP contribution in [0.4, 0.5) is 0 Å². The number of nitrogens with one attached hydrogen (secondary N) is 1. The monoisotopic (exact) mass is 316 g/mol. The number of aromatic nitrogens is 3. The fraction of sp³-hybridized carbons (Fsp3) is 0.667. The van der Waals surface area contributed by atoms with Crippen molar-refractivity contribution in [2.75, 3.05) is 32.6 Å². The van der Waals surface area contributed by atoms with Crippen LogP contribution in [0, 0.1) is 0 Å². The number of esters is 1. The lowest BCUT2D eigenvalue weighted by molar-refractivity contribution is -0.142. The van der Waals surface area contributed by atoms with Crippen LogP contribution in [0.3, 0.4) is 0 Å². The molecule has 1 amide bonds. The van der Waals surface area contributed by atoms with Gasteiger partial charge < -0.3 is 19.4 Å². The summed E-state index contributed by atoms with van der Waals surface area (Å²) in [4.78, 5) is 23.0. The first-order chi connectivity index (χ1) is 10.1. The van der Waals surface area contributed by atoms with Crippen molar-refractivity contribution < 1.29 is 19.1 Å². The molecule has 0 aliphatic rings. The molecule has 1 aromatic rings. The van der Waals surface area contributed by atoms with Gasteiger partial charge in [0.15, 0.2) is 5.16 Å². The molecule has 0 saturated carbocycles. The van der Waals surface area contributed by atoms with Gasteiger partial charge in [-0.25, -0.2) is 0 Å². The van der Waals surface area contributed by atoms with Crippen molar-refractivity contribution in [1.29, 1.82) is 0 Å². The minimum Gasteiger partial charge on any atom is -0.466 e. The predicted octanol–water partition coefficient (Wildman–Crippen LogP) is -0.225. The van der Waals surface area contributed by atoms with Crippen LogP contribution in [0.15, 0.2) is 5.16 Å². The van der Waals surface area contributed by atoms with Crippen LogP contribution < -0.4 is 5.32 Å². The summed E-state index contributed by atoms with van der Waals surface area (Å²) >= 11 is 1.26. The van der Waals surface area contributed by atoms with Crippen LogP contribution in [0.5, 0.6) is 0 Å². The highest BCUT2D eigenvalue weighted by Crippen LogP contribution is 2.15. The molecule has 0 aliphatic carbocycles. The number of amides is 1. The molecule has 0 spiro atoms. The molecule has 1 N–H and O–H groups in total. The van der Waals surface area contributed by atoms with Gasteiger partial charge in [0.1, 0.15) is 12.2 Å². The normalized spacial score (nSPS) is 10.4. The number of hydrogen-bond donors (Lipinski definition) is 1. The van der Waals surface area contributed by atoms with E-state index in [0.29, 0.717) is 30.7 Å². The number of ether oxygens (including phenoxy) is 2. The van der Waals surface area contributed by atoms with Crippen LogP contribution in [0.2, 0.25) is 0 Å². The lowest BCUT2D eigenvalue weighted by Gasteiger charge is -2.05. The van der Waals surface area contributed by atoms with E-state index in [9.17, 15) is 9.59 Å². The third kappa shape index (κ3) is 6.13. The molecular formula is C12H20N4O4S. The molecule has 0 saturated heterocycles. The van der Waals surface area contributed by atoms with Crippen molar-refractivity contribution in [2.24, 2.45) is 7.05 Å². The Labute approximate surface area is 127 Å². The standard InChI is InChI=1S/C12H20N4O4S/c1-4-20-11(18)7-9-14-15-12(16(9)2)21-8-10(17)13-5-6-19-3/h4-8H2,1-3H3,(H,13,17). The summed E-state index contributed by atoms with van der Waals surface area (Å²) in [6, 6.07) is 0. The highest BCUT2D eigenvalue weighted by molar-refractivity contribution is 7.99. The van der Waals surface area contributed by atoms with E-state index in [-0.39, 0.29) is 24.1 Å². The Morgan fingerprint density at radius 3 is 2.81 bits per heavy atom. The number of methoxy groups -OCH3 is 1. The van der Waals surface area contributed by atoms with Gasteiger partial charge in [0.05, 0.1) is 19.0 Å². The average molecular weight is 316 g/mol. The van der Waals surface area contributed by atoms with E-state index in [1.165, 1.54) is 11.8 Å². The van der Waals surface area contributed by atoms with Crippen LogP contribution in [0.1, 0.15) is 12.7 Å². The maximum Gasteiger partial charge on any atom is 0.313 e. The number of nitrogens with zero attached hydrogens (tertiary/aromatic N) is 3. The first kappa shape index (κ1) is 17.4. The SMILES string of the molecule is CCOC(=O)Cc1nnc(SCC(=O)NCCOC)n1C. The van der Waals surface area contributed by atoms with Gasteiger partial charge in [-0.05, 0) is 6.92 Å². The average Bonchev–Trinajstić information content (AvgIpc) is 2.78. The Hall–Kier alpha value is -1.61. The van der Waals surface area contributed by atoms with Gasteiger partial charge in [0, 0.05) is 20.7 Å². The molecule has 1 rings (SSSR count). The molecule has 0 aliphatic heterocycles. The number of thioether (sulfide) groups is 1. The van der Waals surface area contributed by atoms with E-state index in [1.807, 2.05) is 0 Å². The zero-order valence-corrected chi connectivity index (χ0v) is 13.2. The summed E-state index contributed by atoms with van der Waals surface area (Å²) in [5, 5.41) is 11.2. The smallest absolute Gasteiger partial charge is 0.313 e. The number of carbonyl (C=O) groups is 2. The fourth-order valence-electron chi connectivity index (χ4n) is 1.44. The maximum atomic E-state index is 11.6. The first-order valence-corrected chi connectivity index (χ1v) is 7.49. The van der Waals surface area contributed by atoms with Gasteiger partial charge in [-0.3, -0.25) is 9.59 Å². The molecule has 8 nitrogen and oxygen atoms in total. The Morgan fingerprint density at radius 1 is 1.38 bits per heavy atom. The first-order valence-electron chi connectivity index (χ1n) is 6.50. The molecule has 21 heavy (non-hydrogen) atoms. The molecule has 0 aromatic carbocycles. The van der Waals surface area contributed by atoms with Crippen molar-refractivity contribution >= 4 is 23.6 Å². The molecule has 1 heterocycles. The van der Waals surface area contributed by atoms with Gasteiger partial charge in [-0.2, -0.15) is 0 Å². The molecule has 0 bridgehead atoms. The third-order valence-electron chi connectivity index (χ3n) is 2.49. The van der Waals surface area contributed by atoms with Crippen molar-refractivity contribution in [3.05, 3.63) is 5.82 Å². The predicted molar refractivity (Wildman–Crippen MR) is 76.9 cm³/mol. The fourth-order valence-corrected chi connectivity index (χ4v) is 2.20. The quantitative estimate of drug-likeness (QED) is 0.382. The molecule has 0 atom stereocenters. The Morgan fingerprint density at radius 2 is 2.14 bits per heavy atom. The van der Waals surface area contributed by atoms with Crippen LogP contribution in [-0.2, 0) is 32.5 Å². The molecule has 0 radical (unpaired) electrons. The van der Waals surface area contributed by atoms with Gasteiger partial charge in [0.2, 0.25) is 5.91 Å². The second-order valence-electron chi connectivity index (χ2n) is 4.07. The minimum absolute atomic E-state index is 0.0674. The number of rotatable bonds is 9. The van der Waals surface area contributed by atoms with Crippen molar-refractivity contribution in [1.82, 2.24) is 20.1 Å². The molecule has 118 valence electrons. The number of hydrogen-bond acceptors (Lipinski definition) is 7. The highest BCUT2D eigenvalue weighted by atomic mass is 32.2. The number of carbonyl (C=O) groups excluding carboxylic acids is 2. The second kappa shape index (κ2) is 9.35. The van der Waals surface area contributed by atoms with Crippen LogP contribution in [0.25, 0.3) is 0 Å². The van der Waals surface area contributed by atoms with E-state index in [1.54, 1.807) is 25.6 Å².